The zero-order valence-electron chi connectivity index (χ0n) is 17.8. The van der Waals surface area contributed by atoms with Gasteiger partial charge in [-0.15, -0.1) is 13.2 Å². The van der Waals surface area contributed by atoms with Crippen molar-refractivity contribution in [2.45, 2.75) is 44.6 Å². The average Bonchev–Trinajstić information content (AvgIpc) is 3.00. The van der Waals surface area contributed by atoms with Crippen molar-refractivity contribution in [3.8, 4) is 5.75 Å². The Balaban J connectivity index is 1.71. The standard InChI is InChI=1S/C24H24F4N4O/c1-14(18-13-15(25)11-12-19(18)29)30-22-16-7-3-2-4-9-20(16)31-23(32-22)17-8-5-6-10-21(17)33-24(26,27)28/h5-6,8,10-13,23,31H,1-4,7,9,29H2,(H,30,32). The zero-order chi connectivity index (χ0) is 23.6. The fourth-order valence-electron chi connectivity index (χ4n) is 4.09. The number of hydrogen-bond acceptors (Lipinski definition) is 5. The monoisotopic (exact) mass is 460 g/mol. The Labute approximate surface area is 189 Å². The highest BCUT2D eigenvalue weighted by molar-refractivity contribution is 6.04. The van der Waals surface area contributed by atoms with Crippen molar-refractivity contribution in [2.75, 3.05) is 5.73 Å². The van der Waals surface area contributed by atoms with Crippen LogP contribution >= 0.6 is 0 Å². The van der Waals surface area contributed by atoms with E-state index in [-0.39, 0.29) is 11.3 Å². The number of anilines is 1. The maximum absolute atomic E-state index is 13.8. The molecule has 0 radical (unpaired) electrons. The molecule has 0 aromatic heterocycles. The van der Waals surface area contributed by atoms with Crippen molar-refractivity contribution in [2.24, 2.45) is 4.99 Å². The third kappa shape index (κ3) is 5.30. The number of nitrogens with two attached hydrogens (primary N) is 1. The van der Waals surface area contributed by atoms with E-state index in [4.69, 9.17) is 5.73 Å². The van der Waals surface area contributed by atoms with Crippen LogP contribution in [0.1, 0.15) is 49.4 Å². The molecule has 33 heavy (non-hydrogen) atoms. The molecule has 9 heteroatoms. The van der Waals surface area contributed by atoms with Crippen LogP contribution in [0, 0.1) is 5.82 Å². The fourth-order valence-corrected chi connectivity index (χ4v) is 4.09. The first kappa shape index (κ1) is 22.7. The van der Waals surface area contributed by atoms with Crippen LogP contribution in [0.2, 0.25) is 0 Å². The molecule has 0 fully saturated rings. The van der Waals surface area contributed by atoms with Crippen LogP contribution in [-0.2, 0) is 0 Å². The first-order chi connectivity index (χ1) is 15.7. The number of para-hydroxylation sites is 1. The summed E-state index contributed by atoms with van der Waals surface area (Å²) in [5.74, 6) is -0.303. The molecule has 0 spiro atoms. The molecule has 1 aliphatic carbocycles. The van der Waals surface area contributed by atoms with Crippen LogP contribution in [0.25, 0.3) is 5.70 Å². The van der Waals surface area contributed by atoms with E-state index in [1.165, 1.54) is 30.3 Å². The highest BCUT2D eigenvalue weighted by Crippen LogP contribution is 2.36. The number of halogens is 4. The molecule has 0 saturated heterocycles. The minimum Gasteiger partial charge on any atom is -0.405 e. The molecule has 4 N–H and O–H groups in total. The highest BCUT2D eigenvalue weighted by Gasteiger charge is 2.34. The lowest BCUT2D eigenvalue weighted by molar-refractivity contribution is -0.275. The predicted octanol–water partition coefficient (Wildman–Crippen LogP) is 5.79. The summed E-state index contributed by atoms with van der Waals surface area (Å²) < 4.78 is 56.9. The largest absolute Gasteiger partial charge is 0.573 e. The fraction of sp³-hybridized carbons (Fsp3) is 0.292. The van der Waals surface area contributed by atoms with E-state index in [9.17, 15) is 17.6 Å². The summed E-state index contributed by atoms with van der Waals surface area (Å²) in [5.41, 5.74) is 9.19. The number of ether oxygens (including phenoxy) is 1. The number of amidine groups is 1. The lowest BCUT2D eigenvalue weighted by Crippen LogP contribution is -2.35. The smallest absolute Gasteiger partial charge is 0.405 e. The van der Waals surface area contributed by atoms with Gasteiger partial charge in [0.1, 0.15) is 23.6 Å². The molecule has 0 saturated carbocycles. The van der Waals surface area contributed by atoms with Gasteiger partial charge in [0.05, 0.1) is 0 Å². The maximum Gasteiger partial charge on any atom is 0.573 e. The molecule has 0 amide bonds. The van der Waals surface area contributed by atoms with Gasteiger partial charge in [0, 0.05) is 33.8 Å². The van der Waals surface area contributed by atoms with Gasteiger partial charge in [-0.2, -0.15) is 0 Å². The number of nitrogen functional groups attached to an aromatic ring is 1. The number of nitrogens with zero attached hydrogens (tertiary/aromatic N) is 1. The van der Waals surface area contributed by atoms with Gasteiger partial charge in [-0.1, -0.05) is 31.2 Å². The summed E-state index contributed by atoms with van der Waals surface area (Å²) in [5, 5.41) is 6.44. The van der Waals surface area contributed by atoms with Gasteiger partial charge in [-0.25, -0.2) is 9.38 Å². The van der Waals surface area contributed by atoms with Gasteiger partial charge in [-0.05, 0) is 49.9 Å². The second kappa shape index (κ2) is 9.17. The minimum absolute atomic E-state index is 0.251. The Kier molecular flexibility index (Phi) is 6.31. The van der Waals surface area contributed by atoms with Gasteiger partial charge in [0.25, 0.3) is 0 Å². The summed E-state index contributed by atoms with van der Waals surface area (Å²) >= 11 is 0. The van der Waals surface area contributed by atoms with Crippen molar-refractivity contribution in [1.29, 1.82) is 0 Å². The van der Waals surface area contributed by atoms with Crippen LogP contribution in [-0.4, -0.2) is 12.2 Å². The molecule has 2 aromatic carbocycles. The first-order valence-corrected chi connectivity index (χ1v) is 10.6. The zero-order valence-corrected chi connectivity index (χ0v) is 17.8. The number of aliphatic imine (C=N–C) groups is 1. The van der Waals surface area contributed by atoms with Crippen molar-refractivity contribution in [3.63, 3.8) is 0 Å². The first-order valence-electron chi connectivity index (χ1n) is 10.6. The number of benzene rings is 2. The molecule has 4 rings (SSSR count). The lowest BCUT2D eigenvalue weighted by atomic mass is 10.0. The van der Waals surface area contributed by atoms with E-state index >= 15 is 0 Å². The lowest BCUT2D eigenvalue weighted by Gasteiger charge is -2.30. The van der Waals surface area contributed by atoms with Gasteiger partial charge in [0.2, 0.25) is 0 Å². The maximum atomic E-state index is 13.8. The van der Waals surface area contributed by atoms with Crippen LogP contribution in [0.3, 0.4) is 0 Å². The number of hydrogen-bond donors (Lipinski definition) is 3. The number of nitrogens with one attached hydrogen (secondary N) is 2. The summed E-state index contributed by atoms with van der Waals surface area (Å²) in [7, 11) is 0. The van der Waals surface area contributed by atoms with Crippen LogP contribution < -0.4 is 21.1 Å². The molecule has 2 aliphatic rings. The molecule has 2 aromatic rings. The molecule has 1 aliphatic heterocycles. The minimum atomic E-state index is -4.83. The third-order valence-electron chi connectivity index (χ3n) is 5.62. The molecule has 5 nitrogen and oxygen atoms in total. The number of allylic oxidation sites excluding steroid dienone is 1. The van der Waals surface area contributed by atoms with Gasteiger partial charge in [0.15, 0.2) is 0 Å². The predicted molar refractivity (Wildman–Crippen MR) is 120 cm³/mol. The van der Waals surface area contributed by atoms with Crippen molar-refractivity contribution in [3.05, 3.63) is 77.3 Å². The topological polar surface area (TPSA) is 71.7 Å². The second-order valence-electron chi connectivity index (χ2n) is 7.96. The van der Waals surface area contributed by atoms with Gasteiger partial charge >= 0.3 is 6.36 Å². The summed E-state index contributed by atoms with van der Waals surface area (Å²) in [6, 6.07) is 9.89. The highest BCUT2D eigenvalue weighted by atomic mass is 19.4. The molecule has 174 valence electrons. The molecular formula is C24H24F4N4O. The molecular weight excluding hydrogens is 436 g/mol. The molecule has 1 atom stereocenters. The summed E-state index contributed by atoms with van der Waals surface area (Å²) in [4.78, 5) is 4.68. The summed E-state index contributed by atoms with van der Waals surface area (Å²) in [6.07, 6.45) is -1.22. The van der Waals surface area contributed by atoms with Crippen molar-refractivity contribution in [1.82, 2.24) is 10.6 Å². The van der Waals surface area contributed by atoms with E-state index in [0.717, 1.165) is 43.4 Å². The van der Waals surface area contributed by atoms with E-state index in [2.05, 4.69) is 26.9 Å². The van der Waals surface area contributed by atoms with E-state index in [1.807, 2.05) is 0 Å². The Morgan fingerprint density at radius 2 is 1.88 bits per heavy atom. The Morgan fingerprint density at radius 1 is 1.12 bits per heavy atom. The van der Waals surface area contributed by atoms with Crippen molar-refractivity contribution >= 4 is 17.2 Å². The average molecular weight is 460 g/mol. The summed E-state index contributed by atoms with van der Waals surface area (Å²) in [6.45, 7) is 3.99. The molecule has 1 unspecified atom stereocenters. The van der Waals surface area contributed by atoms with Gasteiger partial charge < -0.3 is 21.1 Å². The second-order valence-corrected chi connectivity index (χ2v) is 7.96. The van der Waals surface area contributed by atoms with E-state index in [0.29, 0.717) is 22.8 Å². The Morgan fingerprint density at radius 3 is 2.67 bits per heavy atom. The quantitative estimate of drug-likeness (QED) is 0.399. The normalized spacial score (nSPS) is 18.5. The van der Waals surface area contributed by atoms with Crippen molar-refractivity contribution < 1.29 is 22.3 Å². The SMILES string of the molecule is C=C(NC1=NC(c2ccccc2OC(F)(F)F)NC2=C1CCCCC2)c1cc(F)ccc1N. The van der Waals surface area contributed by atoms with Crippen LogP contribution in [0.4, 0.5) is 23.2 Å². The third-order valence-corrected chi connectivity index (χ3v) is 5.62. The van der Waals surface area contributed by atoms with Crippen LogP contribution in [0.15, 0.2) is 65.3 Å². The van der Waals surface area contributed by atoms with E-state index < -0.39 is 18.3 Å². The number of rotatable bonds is 4. The number of alkyl halides is 3. The van der Waals surface area contributed by atoms with Crippen LogP contribution in [0.5, 0.6) is 5.75 Å². The Hall–Kier alpha value is -3.49. The Bertz CT molecular complexity index is 1120. The molecule has 0 bridgehead atoms. The molecule has 1 heterocycles. The van der Waals surface area contributed by atoms with E-state index in [1.54, 1.807) is 12.1 Å². The van der Waals surface area contributed by atoms with Gasteiger partial charge in [-0.3, -0.25) is 0 Å².